The number of imide groups is 1. The van der Waals surface area contributed by atoms with Crippen molar-refractivity contribution in [1.29, 1.82) is 0 Å². The van der Waals surface area contributed by atoms with Crippen LogP contribution in [-0.2, 0) is 17.6 Å². The van der Waals surface area contributed by atoms with E-state index in [1.165, 1.54) is 4.90 Å². The van der Waals surface area contributed by atoms with Crippen LogP contribution in [0.5, 0.6) is 0 Å². The molecule has 1 aliphatic rings. The summed E-state index contributed by atoms with van der Waals surface area (Å²) in [7, 11) is 0. The van der Waals surface area contributed by atoms with Gasteiger partial charge in [0.05, 0.1) is 6.04 Å². The Balaban J connectivity index is 2.23. The molecule has 1 aliphatic heterocycles. The highest BCUT2D eigenvalue weighted by atomic mass is 16.2. The van der Waals surface area contributed by atoms with Gasteiger partial charge in [0.15, 0.2) is 0 Å². The number of nitrogens with one attached hydrogen (secondary N) is 1. The van der Waals surface area contributed by atoms with E-state index in [2.05, 4.69) is 19.2 Å². The van der Waals surface area contributed by atoms with Crippen molar-refractivity contribution in [2.24, 2.45) is 5.73 Å². The van der Waals surface area contributed by atoms with Gasteiger partial charge in [-0.15, -0.1) is 0 Å². The first-order valence-corrected chi connectivity index (χ1v) is 8.07. The minimum absolute atomic E-state index is 0.276. The molecule has 1 saturated heterocycles. The summed E-state index contributed by atoms with van der Waals surface area (Å²) in [6.07, 6.45) is 3.99. The molecule has 120 valence electrons. The van der Waals surface area contributed by atoms with Crippen molar-refractivity contribution in [3.8, 4) is 0 Å². The third-order valence-electron chi connectivity index (χ3n) is 4.21. The summed E-state index contributed by atoms with van der Waals surface area (Å²) < 4.78 is 0. The van der Waals surface area contributed by atoms with Gasteiger partial charge in [0.25, 0.3) is 0 Å². The van der Waals surface area contributed by atoms with Gasteiger partial charge in [-0.25, -0.2) is 4.79 Å². The second kappa shape index (κ2) is 7.40. The summed E-state index contributed by atoms with van der Waals surface area (Å²) >= 11 is 0. The average Bonchev–Trinajstić information content (AvgIpc) is 2.69. The van der Waals surface area contributed by atoms with Gasteiger partial charge in [-0.05, 0) is 43.2 Å². The molecule has 1 atom stereocenters. The predicted molar refractivity (Wildman–Crippen MR) is 87.8 cm³/mol. The summed E-state index contributed by atoms with van der Waals surface area (Å²) in [5, 5.41) is 2.94. The number of rotatable bonds is 3. The van der Waals surface area contributed by atoms with Crippen LogP contribution in [0.1, 0.15) is 44.2 Å². The number of carbonyl (C=O) groups excluding carboxylic acids is 2. The minimum atomic E-state index is -0.569. The van der Waals surface area contributed by atoms with E-state index in [4.69, 9.17) is 5.73 Å². The standard InChI is InChI=1S/C17H25N3O2/c1-3-12-8-7-9-13(4-2)15(12)19-17(22)20-11-6-5-10-14(18)16(20)21/h7-9,14H,3-6,10-11,18H2,1-2H3,(H,19,22)/t14-/m1/s1. The Kier molecular flexibility index (Phi) is 5.55. The summed E-state index contributed by atoms with van der Waals surface area (Å²) in [6.45, 7) is 4.54. The third-order valence-corrected chi connectivity index (χ3v) is 4.21. The number of urea groups is 1. The molecule has 1 fully saturated rings. The number of nitrogens with zero attached hydrogens (tertiary/aromatic N) is 1. The van der Waals surface area contributed by atoms with Crippen molar-refractivity contribution in [2.75, 3.05) is 11.9 Å². The first kappa shape index (κ1) is 16.5. The van der Waals surface area contributed by atoms with E-state index in [9.17, 15) is 9.59 Å². The lowest BCUT2D eigenvalue weighted by Gasteiger charge is -2.23. The maximum atomic E-state index is 12.6. The second-order valence-electron chi connectivity index (χ2n) is 5.68. The average molecular weight is 303 g/mol. The lowest BCUT2D eigenvalue weighted by molar-refractivity contribution is -0.128. The van der Waals surface area contributed by atoms with Gasteiger partial charge in [0, 0.05) is 12.2 Å². The molecule has 2 rings (SSSR count). The fraction of sp³-hybridized carbons (Fsp3) is 0.529. The molecule has 22 heavy (non-hydrogen) atoms. The van der Waals surface area contributed by atoms with Gasteiger partial charge in [-0.1, -0.05) is 32.0 Å². The monoisotopic (exact) mass is 303 g/mol. The molecule has 1 aromatic carbocycles. The van der Waals surface area contributed by atoms with E-state index in [1.807, 2.05) is 18.2 Å². The number of amides is 3. The molecule has 3 amide bonds. The predicted octanol–water partition coefficient (Wildman–Crippen LogP) is 2.68. The number of aryl methyl sites for hydroxylation is 2. The first-order valence-electron chi connectivity index (χ1n) is 8.07. The number of anilines is 1. The Morgan fingerprint density at radius 3 is 2.50 bits per heavy atom. The van der Waals surface area contributed by atoms with Gasteiger partial charge < -0.3 is 11.1 Å². The first-order chi connectivity index (χ1) is 10.6. The molecule has 0 bridgehead atoms. The number of hydrogen-bond acceptors (Lipinski definition) is 3. The zero-order valence-electron chi connectivity index (χ0n) is 13.4. The molecule has 0 spiro atoms. The van der Waals surface area contributed by atoms with E-state index in [-0.39, 0.29) is 11.9 Å². The third kappa shape index (κ3) is 3.47. The molecule has 0 aromatic heterocycles. The molecule has 0 unspecified atom stereocenters. The summed E-state index contributed by atoms with van der Waals surface area (Å²) in [5.74, 6) is -0.276. The van der Waals surface area contributed by atoms with E-state index in [0.717, 1.165) is 42.5 Å². The molecule has 0 saturated carbocycles. The quantitative estimate of drug-likeness (QED) is 0.901. The molecule has 5 nitrogen and oxygen atoms in total. The highest BCUT2D eigenvalue weighted by Gasteiger charge is 2.29. The van der Waals surface area contributed by atoms with Gasteiger partial charge >= 0.3 is 6.03 Å². The van der Waals surface area contributed by atoms with Crippen molar-refractivity contribution < 1.29 is 9.59 Å². The maximum absolute atomic E-state index is 12.6. The lowest BCUT2D eigenvalue weighted by atomic mass is 10.0. The van der Waals surface area contributed by atoms with Crippen LogP contribution in [0.15, 0.2) is 18.2 Å². The van der Waals surface area contributed by atoms with Crippen LogP contribution in [0.4, 0.5) is 10.5 Å². The highest BCUT2D eigenvalue weighted by Crippen LogP contribution is 2.23. The zero-order chi connectivity index (χ0) is 16.1. The molecule has 1 heterocycles. The number of nitrogens with two attached hydrogens (primary N) is 1. The van der Waals surface area contributed by atoms with E-state index in [0.29, 0.717) is 13.0 Å². The number of likely N-dealkylation sites (tertiary alicyclic amines) is 1. The Morgan fingerprint density at radius 2 is 1.91 bits per heavy atom. The van der Waals surface area contributed by atoms with Crippen molar-refractivity contribution in [2.45, 2.75) is 52.0 Å². The van der Waals surface area contributed by atoms with Crippen LogP contribution in [0.2, 0.25) is 0 Å². The van der Waals surface area contributed by atoms with Gasteiger partial charge in [-0.2, -0.15) is 0 Å². The number of carbonyl (C=O) groups is 2. The van der Waals surface area contributed by atoms with E-state index >= 15 is 0 Å². The Labute approximate surface area is 131 Å². The molecular weight excluding hydrogens is 278 g/mol. The topological polar surface area (TPSA) is 75.4 Å². The lowest BCUT2D eigenvalue weighted by Crippen LogP contribution is -2.47. The van der Waals surface area contributed by atoms with Crippen LogP contribution in [-0.4, -0.2) is 29.4 Å². The molecule has 5 heteroatoms. The molecule has 3 N–H and O–H groups in total. The van der Waals surface area contributed by atoms with Crippen molar-refractivity contribution >= 4 is 17.6 Å². The molecule has 0 radical (unpaired) electrons. The van der Waals surface area contributed by atoms with Gasteiger partial charge in [0.2, 0.25) is 5.91 Å². The fourth-order valence-corrected chi connectivity index (χ4v) is 2.85. The number of benzene rings is 1. The Hall–Kier alpha value is -1.88. The molecular formula is C17H25N3O2. The summed E-state index contributed by atoms with van der Waals surface area (Å²) in [6, 6.07) is 5.08. The summed E-state index contributed by atoms with van der Waals surface area (Å²) in [5.41, 5.74) is 8.84. The zero-order valence-corrected chi connectivity index (χ0v) is 13.4. The highest BCUT2D eigenvalue weighted by molar-refractivity contribution is 6.03. The van der Waals surface area contributed by atoms with E-state index < -0.39 is 6.04 Å². The maximum Gasteiger partial charge on any atom is 0.328 e. The Morgan fingerprint density at radius 1 is 1.27 bits per heavy atom. The Bertz CT molecular complexity index is 535. The smallest absolute Gasteiger partial charge is 0.320 e. The largest absolute Gasteiger partial charge is 0.328 e. The van der Waals surface area contributed by atoms with E-state index in [1.54, 1.807) is 0 Å². The molecule has 1 aromatic rings. The van der Waals surface area contributed by atoms with Crippen LogP contribution < -0.4 is 11.1 Å². The van der Waals surface area contributed by atoms with Crippen LogP contribution in [0, 0.1) is 0 Å². The van der Waals surface area contributed by atoms with Crippen LogP contribution in [0.25, 0.3) is 0 Å². The summed E-state index contributed by atoms with van der Waals surface area (Å²) in [4.78, 5) is 26.0. The van der Waals surface area contributed by atoms with Gasteiger partial charge in [-0.3, -0.25) is 9.69 Å². The second-order valence-corrected chi connectivity index (χ2v) is 5.68. The van der Waals surface area contributed by atoms with Crippen LogP contribution >= 0.6 is 0 Å². The normalized spacial score (nSPS) is 19.0. The van der Waals surface area contributed by atoms with Crippen molar-refractivity contribution in [1.82, 2.24) is 4.90 Å². The SMILES string of the molecule is CCc1cccc(CC)c1NC(=O)N1CCCC[C@@H](N)C1=O. The number of para-hydroxylation sites is 1. The minimum Gasteiger partial charge on any atom is -0.320 e. The van der Waals surface area contributed by atoms with Crippen LogP contribution in [0.3, 0.4) is 0 Å². The molecule has 0 aliphatic carbocycles. The van der Waals surface area contributed by atoms with Crippen molar-refractivity contribution in [3.05, 3.63) is 29.3 Å². The fourth-order valence-electron chi connectivity index (χ4n) is 2.85. The number of hydrogen-bond donors (Lipinski definition) is 2. The van der Waals surface area contributed by atoms with Crippen molar-refractivity contribution in [3.63, 3.8) is 0 Å². The van der Waals surface area contributed by atoms with Gasteiger partial charge in [0.1, 0.15) is 0 Å².